The van der Waals surface area contributed by atoms with E-state index in [1.54, 1.807) is 36.6 Å². The minimum absolute atomic E-state index is 0.316. The van der Waals surface area contributed by atoms with E-state index in [1.165, 1.54) is 4.88 Å². The number of nitrogen functional groups attached to an aromatic ring is 1. The van der Waals surface area contributed by atoms with E-state index in [4.69, 9.17) is 26.6 Å². The lowest BCUT2D eigenvalue weighted by molar-refractivity contribution is 0.416. The number of thiophene rings is 1. The zero-order valence-electron chi connectivity index (χ0n) is 11.5. The minimum atomic E-state index is 0.316. The molecule has 0 aliphatic rings. The molecule has 0 radical (unpaired) electrons. The van der Waals surface area contributed by atoms with Crippen molar-refractivity contribution in [2.75, 3.05) is 12.8 Å². The fraction of sp³-hybridized carbons (Fsp3) is 0.133. The molecule has 0 saturated heterocycles. The van der Waals surface area contributed by atoms with Gasteiger partial charge in [0.2, 0.25) is 0 Å². The van der Waals surface area contributed by atoms with Gasteiger partial charge in [0.15, 0.2) is 11.6 Å². The molecule has 21 heavy (non-hydrogen) atoms. The molecule has 2 aromatic heterocycles. The van der Waals surface area contributed by atoms with Gasteiger partial charge in [-0.2, -0.15) is 0 Å². The van der Waals surface area contributed by atoms with Gasteiger partial charge in [0.1, 0.15) is 5.75 Å². The number of rotatable bonds is 3. The molecule has 2 N–H and O–H groups in total. The highest BCUT2D eigenvalue weighted by molar-refractivity contribution is 7.15. The summed E-state index contributed by atoms with van der Waals surface area (Å²) >= 11 is 7.72. The first-order valence-corrected chi connectivity index (χ1v) is 7.45. The van der Waals surface area contributed by atoms with Crippen molar-refractivity contribution in [3.63, 3.8) is 0 Å². The van der Waals surface area contributed by atoms with Crippen LogP contribution < -0.4 is 10.5 Å². The standard InChI is InChI=1S/C15H13ClN2O2S/c1-8-3-6-12(21-8)14-13(15(17)18-20-14)10-7-9(16)4-5-11(10)19-2/h3-7H,1-2H3,(H2,17,18). The fourth-order valence-corrected chi connectivity index (χ4v) is 3.19. The van der Waals surface area contributed by atoms with E-state index in [0.29, 0.717) is 27.9 Å². The summed E-state index contributed by atoms with van der Waals surface area (Å²) in [6.45, 7) is 2.04. The quantitative estimate of drug-likeness (QED) is 0.764. The molecule has 1 aromatic carbocycles. The van der Waals surface area contributed by atoms with Crippen molar-refractivity contribution >= 4 is 28.8 Å². The molecular weight excluding hydrogens is 308 g/mol. The molecular formula is C15H13ClN2O2S. The highest BCUT2D eigenvalue weighted by Gasteiger charge is 2.22. The van der Waals surface area contributed by atoms with Crippen molar-refractivity contribution in [1.29, 1.82) is 0 Å². The van der Waals surface area contributed by atoms with Crippen LogP contribution in [0.5, 0.6) is 5.75 Å². The van der Waals surface area contributed by atoms with Crippen LogP contribution in [-0.4, -0.2) is 12.3 Å². The number of anilines is 1. The van der Waals surface area contributed by atoms with E-state index in [1.807, 2.05) is 19.1 Å². The van der Waals surface area contributed by atoms with E-state index < -0.39 is 0 Å². The summed E-state index contributed by atoms with van der Waals surface area (Å²) < 4.78 is 10.8. The van der Waals surface area contributed by atoms with Gasteiger partial charge in [0.25, 0.3) is 0 Å². The molecule has 2 heterocycles. The Morgan fingerprint density at radius 2 is 2.10 bits per heavy atom. The highest BCUT2D eigenvalue weighted by Crippen LogP contribution is 2.43. The molecule has 0 atom stereocenters. The van der Waals surface area contributed by atoms with E-state index in [0.717, 1.165) is 10.4 Å². The second kappa shape index (κ2) is 5.42. The van der Waals surface area contributed by atoms with Gasteiger partial charge in [0, 0.05) is 15.5 Å². The van der Waals surface area contributed by atoms with Gasteiger partial charge < -0.3 is 15.0 Å². The maximum absolute atomic E-state index is 6.10. The Kier molecular flexibility index (Phi) is 3.61. The normalized spacial score (nSPS) is 10.8. The lowest BCUT2D eigenvalue weighted by Crippen LogP contribution is -1.92. The Labute approximate surface area is 131 Å². The average Bonchev–Trinajstić information content (AvgIpc) is 3.04. The minimum Gasteiger partial charge on any atom is -0.496 e. The molecule has 108 valence electrons. The van der Waals surface area contributed by atoms with E-state index >= 15 is 0 Å². The molecule has 0 unspecified atom stereocenters. The fourth-order valence-electron chi connectivity index (χ4n) is 2.16. The summed E-state index contributed by atoms with van der Waals surface area (Å²) in [5, 5.41) is 4.49. The summed E-state index contributed by atoms with van der Waals surface area (Å²) in [7, 11) is 1.60. The van der Waals surface area contributed by atoms with Crippen LogP contribution in [0.2, 0.25) is 5.02 Å². The zero-order valence-corrected chi connectivity index (χ0v) is 13.1. The lowest BCUT2D eigenvalue weighted by Gasteiger charge is -2.08. The number of benzene rings is 1. The Morgan fingerprint density at radius 1 is 1.29 bits per heavy atom. The number of nitrogens with zero attached hydrogens (tertiary/aromatic N) is 1. The van der Waals surface area contributed by atoms with Gasteiger partial charge in [-0.15, -0.1) is 11.3 Å². The number of aromatic nitrogens is 1. The topological polar surface area (TPSA) is 61.3 Å². The predicted molar refractivity (Wildman–Crippen MR) is 86.0 cm³/mol. The molecule has 4 nitrogen and oxygen atoms in total. The van der Waals surface area contributed by atoms with Gasteiger partial charge in [-0.3, -0.25) is 0 Å². The summed E-state index contributed by atoms with van der Waals surface area (Å²) in [4.78, 5) is 2.15. The average molecular weight is 321 g/mol. The summed E-state index contributed by atoms with van der Waals surface area (Å²) in [6, 6.07) is 9.38. The van der Waals surface area contributed by atoms with Crippen LogP contribution in [0.1, 0.15) is 4.88 Å². The molecule has 3 rings (SSSR count). The molecule has 0 spiro atoms. The number of halogens is 1. The number of nitrogens with two attached hydrogens (primary N) is 1. The van der Waals surface area contributed by atoms with Gasteiger partial charge in [0.05, 0.1) is 17.6 Å². The van der Waals surface area contributed by atoms with E-state index in [-0.39, 0.29) is 0 Å². The molecule has 6 heteroatoms. The zero-order chi connectivity index (χ0) is 15.0. The maximum Gasteiger partial charge on any atom is 0.186 e. The van der Waals surface area contributed by atoms with Crippen LogP contribution in [0.3, 0.4) is 0 Å². The Morgan fingerprint density at radius 3 is 2.76 bits per heavy atom. The molecule has 0 aliphatic heterocycles. The summed E-state index contributed by atoms with van der Waals surface area (Å²) in [6.07, 6.45) is 0. The smallest absolute Gasteiger partial charge is 0.186 e. The van der Waals surface area contributed by atoms with Crippen molar-refractivity contribution in [2.24, 2.45) is 0 Å². The molecule has 0 aliphatic carbocycles. The van der Waals surface area contributed by atoms with Gasteiger partial charge >= 0.3 is 0 Å². The third-order valence-electron chi connectivity index (χ3n) is 3.11. The van der Waals surface area contributed by atoms with Crippen LogP contribution in [0.15, 0.2) is 34.9 Å². The number of ether oxygens (including phenoxy) is 1. The molecule has 0 saturated carbocycles. The van der Waals surface area contributed by atoms with E-state index in [9.17, 15) is 0 Å². The Hall–Kier alpha value is -1.98. The monoisotopic (exact) mass is 320 g/mol. The molecule has 0 amide bonds. The highest BCUT2D eigenvalue weighted by atomic mass is 35.5. The maximum atomic E-state index is 6.10. The first-order valence-electron chi connectivity index (χ1n) is 6.26. The number of hydrogen-bond acceptors (Lipinski definition) is 5. The summed E-state index contributed by atoms with van der Waals surface area (Å²) in [5.41, 5.74) is 7.47. The molecule has 3 aromatic rings. The summed E-state index contributed by atoms with van der Waals surface area (Å²) in [5.74, 6) is 1.62. The molecule has 0 fully saturated rings. The Bertz CT molecular complexity index is 795. The molecule has 0 bridgehead atoms. The van der Waals surface area contributed by atoms with Crippen LogP contribution in [0, 0.1) is 6.92 Å². The number of methoxy groups -OCH3 is 1. The van der Waals surface area contributed by atoms with Crippen molar-refractivity contribution in [1.82, 2.24) is 5.16 Å². The lowest BCUT2D eigenvalue weighted by atomic mass is 10.0. The SMILES string of the molecule is COc1ccc(Cl)cc1-c1c(N)noc1-c1ccc(C)s1. The van der Waals surface area contributed by atoms with Gasteiger partial charge in [-0.25, -0.2) is 0 Å². The van der Waals surface area contributed by atoms with Gasteiger partial charge in [-0.05, 0) is 37.3 Å². The van der Waals surface area contributed by atoms with Crippen molar-refractivity contribution < 1.29 is 9.26 Å². The van der Waals surface area contributed by atoms with Crippen LogP contribution >= 0.6 is 22.9 Å². The van der Waals surface area contributed by atoms with Crippen LogP contribution in [0.4, 0.5) is 5.82 Å². The largest absolute Gasteiger partial charge is 0.496 e. The number of aryl methyl sites for hydroxylation is 1. The van der Waals surface area contributed by atoms with Crippen molar-refractivity contribution in [2.45, 2.75) is 6.92 Å². The number of hydrogen-bond donors (Lipinski definition) is 1. The van der Waals surface area contributed by atoms with Crippen LogP contribution in [0.25, 0.3) is 21.8 Å². The van der Waals surface area contributed by atoms with Crippen molar-refractivity contribution in [3.8, 4) is 27.5 Å². The Balaban J connectivity index is 2.24. The first kappa shape index (κ1) is 14.0. The third kappa shape index (κ3) is 2.50. The first-order chi connectivity index (χ1) is 10.1. The van der Waals surface area contributed by atoms with E-state index in [2.05, 4.69) is 5.16 Å². The third-order valence-corrected chi connectivity index (χ3v) is 4.35. The second-order valence-electron chi connectivity index (χ2n) is 4.53. The second-order valence-corrected chi connectivity index (χ2v) is 6.25. The van der Waals surface area contributed by atoms with Crippen molar-refractivity contribution in [3.05, 3.63) is 40.2 Å². The predicted octanol–water partition coefficient (Wildman–Crippen LogP) is 4.62. The van der Waals surface area contributed by atoms with Crippen LogP contribution in [-0.2, 0) is 0 Å². The van der Waals surface area contributed by atoms with Gasteiger partial charge in [-0.1, -0.05) is 16.8 Å².